The number of amides is 1. The summed E-state index contributed by atoms with van der Waals surface area (Å²) in [6.07, 6.45) is 3.51. The lowest BCUT2D eigenvalue weighted by molar-refractivity contribution is -0.149. The van der Waals surface area contributed by atoms with E-state index < -0.39 is 0 Å². The number of carbonyl (C=O) groups is 2. The molecule has 1 fully saturated rings. The predicted molar refractivity (Wildman–Crippen MR) is 88.1 cm³/mol. The van der Waals surface area contributed by atoms with Crippen LogP contribution in [0.5, 0.6) is 0 Å². The maximum absolute atomic E-state index is 12.5. The molecule has 1 amide bonds. The quantitative estimate of drug-likeness (QED) is 0.799. The van der Waals surface area contributed by atoms with Crippen LogP contribution in [-0.2, 0) is 9.53 Å². The summed E-state index contributed by atoms with van der Waals surface area (Å²) in [5.74, 6) is 0.151. The monoisotopic (exact) mass is 337 g/mol. The molecule has 7 nitrogen and oxygen atoms in total. The molecule has 2 unspecified atom stereocenters. The molecule has 0 saturated carbocycles. The molecule has 1 aliphatic rings. The summed E-state index contributed by atoms with van der Waals surface area (Å²) in [4.78, 5) is 30.2. The van der Waals surface area contributed by atoms with Gasteiger partial charge in [0.2, 0.25) is 5.89 Å². The van der Waals surface area contributed by atoms with Crippen LogP contribution in [0, 0.1) is 11.8 Å². The summed E-state index contributed by atoms with van der Waals surface area (Å²) in [7, 11) is 0. The maximum atomic E-state index is 12.5. The van der Waals surface area contributed by atoms with Gasteiger partial charge in [0.25, 0.3) is 5.91 Å². The third-order valence-corrected chi connectivity index (χ3v) is 4.69. The molecule has 134 valence electrons. The Morgan fingerprint density at radius 1 is 1.42 bits per heavy atom. The van der Waals surface area contributed by atoms with Gasteiger partial charge in [-0.1, -0.05) is 20.3 Å². The molecule has 1 saturated heterocycles. The number of likely N-dealkylation sites (tertiary alicyclic amines) is 1. The van der Waals surface area contributed by atoms with Gasteiger partial charge < -0.3 is 19.8 Å². The fourth-order valence-electron chi connectivity index (χ4n) is 2.78. The van der Waals surface area contributed by atoms with Crippen LogP contribution in [0.25, 0.3) is 0 Å². The lowest BCUT2D eigenvalue weighted by Crippen LogP contribution is -2.40. The largest absolute Gasteiger partial charge is 0.466 e. The highest BCUT2D eigenvalue weighted by Gasteiger charge is 2.30. The summed E-state index contributed by atoms with van der Waals surface area (Å²) in [6.45, 7) is 7.28. The molecule has 1 aliphatic heterocycles. The lowest BCUT2D eigenvalue weighted by atomic mass is 9.97. The molecule has 0 radical (unpaired) electrons. The van der Waals surface area contributed by atoms with Gasteiger partial charge in [0.15, 0.2) is 5.69 Å². The Kier molecular flexibility index (Phi) is 6.36. The van der Waals surface area contributed by atoms with E-state index in [-0.39, 0.29) is 35.4 Å². The zero-order valence-corrected chi connectivity index (χ0v) is 14.7. The number of oxazole rings is 1. The van der Waals surface area contributed by atoms with Gasteiger partial charge in [-0.05, 0) is 25.7 Å². The smallest absolute Gasteiger partial charge is 0.309 e. The second-order valence-corrected chi connectivity index (χ2v) is 6.30. The van der Waals surface area contributed by atoms with Gasteiger partial charge in [-0.25, -0.2) is 4.98 Å². The van der Waals surface area contributed by atoms with Gasteiger partial charge in [0.05, 0.1) is 18.6 Å². The van der Waals surface area contributed by atoms with Crippen LogP contribution in [0.15, 0.2) is 10.7 Å². The number of piperidine rings is 1. The van der Waals surface area contributed by atoms with E-state index in [2.05, 4.69) is 4.98 Å². The average Bonchev–Trinajstić information content (AvgIpc) is 3.10. The molecular weight excluding hydrogens is 310 g/mol. The molecule has 2 N–H and O–H groups in total. The van der Waals surface area contributed by atoms with Gasteiger partial charge in [-0.15, -0.1) is 0 Å². The van der Waals surface area contributed by atoms with E-state index in [4.69, 9.17) is 14.9 Å². The number of nitrogens with two attached hydrogens (primary N) is 1. The Labute approximate surface area is 142 Å². The van der Waals surface area contributed by atoms with E-state index in [1.807, 2.05) is 13.8 Å². The zero-order chi connectivity index (χ0) is 17.7. The molecule has 0 bridgehead atoms. The second-order valence-electron chi connectivity index (χ2n) is 6.30. The molecule has 1 aromatic rings. The van der Waals surface area contributed by atoms with Crippen molar-refractivity contribution in [1.82, 2.24) is 9.88 Å². The number of nitrogens with zero attached hydrogens (tertiary/aromatic N) is 2. The summed E-state index contributed by atoms with van der Waals surface area (Å²) in [5, 5.41) is 0. The average molecular weight is 337 g/mol. The number of hydrogen-bond donors (Lipinski definition) is 1. The maximum Gasteiger partial charge on any atom is 0.309 e. The molecule has 2 rings (SSSR count). The van der Waals surface area contributed by atoms with E-state index in [0.717, 1.165) is 6.42 Å². The molecule has 0 aliphatic carbocycles. The zero-order valence-electron chi connectivity index (χ0n) is 14.7. The van der Waals surface area contributed by atoms with Gasteiger partial charge >= 0.3 is 5.97 Å². The fraction of sp³-hybridized carbons (Fsp3) is 0.706. The molecular formula is C17H27N3O4. The van der Waals surface area contributed by atoms with Gasteiger partial charge in [-0.2, -0.15) is 0 Å². The minimum absolute atomic E-state index is 0.124. The van der Waals surface area contributed by atoms with E-state index >= 15 is 0 Å². The summed E-state index contributed by atoms with van der Waals surface area (Å²) >= 11 is 0. The van der Waals surface area contributed by atoms with E-state index in [1.165, 1.54) is 6.26 Å². The predicted octanol–water partition coefficient (Wildman–Crippen LogP) is 2.14. The Bertz CT molecular complexity index is 564. The number of esters is 1. The first-order chi connectivity index (χ1) is 11.5. The molecule has 24 heavy (non-hydrogen) atoms. The van der Waals surface area contributed by atoms with E-state index in [1.54, 1.807) is 11.8 Å². The summed E-state index contributed by atoms with van der Waals surface area (Å²) < 4.78 is 10.4. The van der Waals surface area contributed by atoms with Crippen molar-refractivity contribution >= 4 is 11.9 Å². The van der Waals surface area contributed by atoms with Crippen molar-refractivity contribution in [2.24, 2.45) is 17.6 Å². The van der Waals surface area contributed by atoms with Crippen LogP contribution >= 0.6 is 0 Å². The molecule has 2 heterocycles. The first-order valence-corrected chi connectivity index (χ1v) is 8.64. The highest BCUT2D eigenvalue weighted by Crippen LogP contribution is 2.23. The number of rotatable bonds is 6. The highest BCUT2D eigenvalue weighted by molar-refractivity contribution is 5.92. The third kappa shape index (κ3) is 4.14. The first kappa shape index (κ1) is 18.4. The molecule has 0 aromatic carbocycles. The Balaban J connectivity index is 1.94. The second kappa shape index (κ2) is 8.28. The van der Waals surface area contributed by atoms with Crippen LogP contribution in [-0.4, -0.2) is 41.5 Å². The standard InChI is InChI=1S/C17H27N3O4/c1-4-11(3)14(18)15-19-13(10-24-15)16(21)20-8-6-12(7-9-20)17(22)23-5-2/h10-12,14H,4-9,18H2,1-3H3. The van der Waals surface area contributed by atoms with Crippen LogP contribution in [0.3, 0.4) is 0 Å². The highest BCUT2D eigenvalue weighted by atomic mass is 16.5. The number of aromatic nitrogens is 1. The molecule has 1 aromatic heterocycles. The minimum Gasteiger partial charge on any atom is -0.466 e. The SMILES string of the molecule is CCOC(=O)C1CCN(C(=O)c2coc(C(N)C(C)CC)n2)CC1. The van der Waals surface area contributed by atoms with Crippen molar-refractivity contribution in [2.75, 3.05) is 19.7 Å². The summed E-state index contributed by atoms with van der Waals surface area (Å²) in [6, 6.07) is -0.314. The molecule has 0 spiro atoms. The topological polar surface area (TPSA) is 98.7 Å². The van der Waals surface area contributed by atoms with Gasteiger partial charge in [-0.3, -0.25) is 9.59 Å². The molecule has 7 heteroatoms. The van der Waals surface area contributed by atoms with Crippen LogP contribution in [0.4, 0.5) is 0 Å². The van der Waals surface area contributed by atoms with Gasteiger partial charge in [0.1, 0.15) is 6.26 Å². The van der Waals surface area contributed by atoms with Crippen molar-refractivity contribution in [3.8, 4) is 0 Å². The van der Waals surface area contributed by atoms with E-state index in [9.17, 15) is 9.59 Å². The van der Waals surface area contributed by atoms with E-state index in [0.29, 0.717) is 38.4 Å². The fourth-order valence-corrected chi connectivity index (χ4v) is 2.78. The normalized spacial score (nSPS) is 18.2. The van der Waals surface area contributed by atoms with Crippen LogP contribution in [0.1, 0.15) is 62.5 Å². The van der Waals surface area contributed by atoms with Gasteiger partial charge in [0, 0.05) is 13.1 Å². The Morgan fingerprint density at radius 3 is 2.67 bits per heavy atom. The third-order valence-electron chi connectivity index (χ3n) is 4.69. The Hall–Kier alpha value is -1.89. The van der Waals surface area contributed by atoms with Crippen molar-refractivity contribution in [2.45, 2.75) is 46.1 Å². The van der Waals surface area contributed by atoms with Crippen LogP contribution in [0.2, 0.25) is 0 Å². The lowest BCUT2D eigenvalue weighted by Gasteiger charge is -2.30. The van der Waals surface area contributed by atoms with Crippen molar-refractivity contribution in [3.63, 3.8) is 0 Å². The number of carbonyl (C=O) groups excluding carboxylic acids is 2. The minimum atomic E-state index is -0.314. The number of hydrogen-bond acceptors (Lipinski definition) is 6. The number of ether oxygens (including phenoxy) is 1. The van der Waals surface area contributed by atoms with Crippen molar-refractivity contribution in [1.29, 1.82) is 0 Å². The van der Waals surface area contributed by atoms with Crippen molar-refractivity contribution < 1.29 is 18.7 Å². The van der Waals surface area contributed by atoms with Crippen molar-refractivity contribution in [3.05, 3.63) is 17.8 Å². The van der Waals surface area contributed by atoms with Crippen LogP contribution < -0.4 is 5.73 Å². The molecule has 2 atom stereocenters. The summed E-state index contributed by atoms with van der Waals surface area (Å²) in [5.41, 5.74) is 6.36. The Morgan fingerprint density at radius 2 is 2.08 bits per heavy atom. The first-order valence-electron chi connectivity index (χ1n) is 8.64.